The second kappa shape index (κ2) is 15.2. The van der Waals surface area contributed by atoms with Crippen molar-refractivity contribution in [1.82, 2.24) is 0 Å². The van der Waals surface area contributed by atoms with Gasteiger partial charge in [-0.1, -0.05) is 24.3 Å². The Labute approximate surface area is 281 Å². The van der Waals surface area contributed by atoms with Gasteiger partial charge in [0.15, 0.2) is 5.71 Å². The molecule has 0 spiro atoms. The fraction of sp³-hybridized carbons (Fsp3) is 0.345. The van der Waals surface area contributed by atoms with Crippen LogP contribution in [0.25, 0.3) is 5.57 Å². The third-order valence-corrected chi connectivity index (χ3v) is 8.06. The van der Waals surface area contributed by atoms with E-state index in [1.165, 1.54) is 12.1 Å². The first-order valence-corrected chi connectivity index (χ1v) is 16.1. The van der Waals surface area contributed by atoms with Crippen molar-refractivity contribution in [3.05, 3.63) is 94.6 Å². The summed E-state index contributed by atoms with van der Waals surface area (Å²) in [5.74, 6) is -1.81. The second-order valence-corrected chi connectivity index (χ2v) is 12.0. The molecule has 0 amide bonds. The van der Waals surface area contributed by atoms with Gasteiger partial charge in [0.2, 0.25) is 0 Å². The molecule has 2 aromatic carbocycles. The molecule has 0 atom stereocenters. The third-order valence-electron chi connectivity index (χ3n) is 6.73. The molecule has 0 radical (unpaired) electrons. The Hall–Kier alpha value is -1.41. The molecule has 0 saturated carbocycles. The molecule has 0 saturated heterocycles. The fourth-order valence-corrected chi connectivity index (χ4v) is 6.10. The molecule has 0 unspecified atom stereocenters. The van der Waals surface area contributed by atoms with Gasteiger partial charge in [0.1, 0.15) is 13.1 Å². The first-order valence-electron chi connectivity index (χ1n) is 13.0. The van der Waals surface area contributed by atoms with E-state index in [0.29, 0.717) is 5.56 Å². The zero-order valence-corrected chi connectivity index (χ0v) is 28.5. The maximum absolute atomic E-state index is 11.7. The van der Waals surface area contributed by atoms with E-state index in [4.69, 9.17) is 0 Å². The number of anilines is 1. The van der Waals surface area contributed by atoms with Crippen LogP contribution in [0.4, 0.5) is 5.69 Å². The number of benzene rings is 2. The Bertz CT molecular complexity index is 1510. The van der Waals surface area contributed by atoms with E-state index >= 15 is 0 Å². The standard InChI is InChI=1S/C29H36N2O6S2.K/c1-5-30(6-2)27-15-11-22(12-16-27)29(23-13-17-28(18-14-23)31(7-3)8-4)24-9-10-25(20-38(32,33)34)26(19-24)21-39(35,36)37;/h9-19H,5-8,20-21H2,1-4H3,(H-,32,33,34,35,36,37);/q;+1/p-1. The summed E-state index contributed by atoms with van der Waals surface area (Å²) in [6, 6.07) is 12.6. The summed E-state index contributed by atoms with van der Waals surface area (Å²) in [6.45, 7) is 11.8. The Morgan fingerprint density at radius 1 is 0.725 bits per heavy atom. The minimum Gasteiger partial charge on any atom is -0.748 e. The molecule has 11 heteroatoms. The first-order chi connectivity index (χ1) is 18.4. The van der Waals surface area contributed by atoms with Gasteiger partial charge >= 0.3 is 51.4 Å². The van der Waals surface area contributed by atoms with Gasteiger partial charge < -0.3 is 14.0 Å². The van der Waals surface area contributed by atoms with Crippen molar-refractivity contribution in [2.24, 2.45) is 0 Å². The number of nitrogens with zero attached hydrogens (tertiary/aromatic N) is 2. The fourth-order valence-electron chi connectivity index (χ4n) is 4.79. The van der Waals surface area contributed by atoms with Gasteiger partial charge in [0, 0.05) is 30.9 Å². The maximum atomic E-state index is 11.7. The van der Waals surface area contributed by atoms with Crippen molar-refractivity contribution in [2.75, 3.05) is 31.1 Å². The van der Waals surface area contributed by atoms with E-state index < -0.39 is 31.7 Å². The molecular formula is C29H35KN2O6S2. The van der Waals surface area contributed by atoms with E-state index in [1.807, 2.05) is 48.6 Å². The van der Waals surface area contributed by atoms with Gasteiger partial charge in [0.25, 0.3) is 0 Å². The molecule has 0 bridgehead atoms. The van der Waals surface area contributed by atoms with Crippen LogP contribution in [0.1, 0.15) is 49.9 Å². The Kier molecular flexibility index (Phi) is 13.2. The summed E-state index contributed by atoms with van der Waals surface area (Å²) in [6.07, 6.45) is 8.02. The normalized spacial score (nSPS) is 13.2. The molecule has 0 aromatic heterocycles. The van der Waals surface area contributed by atoms with E-state index in [2.05, 4.69) is 37.2 Å². The van der Waals surface area contributed by atoms with Crippen LogP contribution in [0.5, 0.6) is 0 Å². The Balaban J connectivity index is 0.00000560. The summed E-state index contributed by atoms with van der Waals surface area (Å²) >= 11 is 0. The predicted octanol–water partition coefficient (Wildman–Crippen LogP) is 1.05. The van der Waals surface area contributed by atoms with Gasteiger partial charge in [-0.3, -0.25) is 0 Å². The smallest absolute Gasteiger partial charge is 0.748 e. The van der Waals surface area contributed by atoms with E-state index in [0.717, 1.165) is 54.3 Å². The van der Waals surface area contributed by atoms with Crippen molar-refractivity contribution in [3.8, 4) is 0 Å². The quantitative estimate of drug-likeness (QED) is 0.212. The van der Waals surface area contributed by atoms with E-state index in [9.17, 15) is 25.9 Å². The van der Waals surface area contributed by atoms with Gasteiger partial charge in [0.05, 0.1) is 31.7 Å². The predicted molar refractivity (Wildman–Crippen MR) is 154 cm³/mol. The molecule has 8 nitrogen and oxygen atoms in total. The van der Waals surface area contributed by atoms with Crippen molar-refractivity contribution < 1.29 is 81.9 Å². The summed E-state index contributed by atoms with van der Waals surface area (Å²) < 4.78 is 71.6. The summed E-state index contributed by atoms with van der Waals surface area (Å²) in [5.41, 5.74) is 5.24. The topological polar surface area (TPSA) is 121 Å². The third kappa shape index (κ3) is 9.57. The Morgan fingerprint density at radius 3 is 1.70 bits per heavy atom. The molecule has 210 valence electrons. The molecule has 1 aliphatic rings. The van der Waals surface area contributed by atoms with Crippen molar-refractivity contribution in [2.45, 2.75) is 39.2 Å². The molecule has 1 aliphatic carbocycles. The number of rotatable bonds is 11. The van der Waals surface area contributed by atoms with Crippen LogP contribution < -0.4 is 56.3 Å². The molecule has 0 fully saturated rings. The molecule has 40 heavy (non-hydrogen) atoms. The van der Waals surface area contributed by atoms with Crippen LogP contribution in [0.3, 0.4) is 0 Å². The zero-order chi connectivity index (χ0) is 28.8. The van der Waals surface area contributed by atoms with Crippen LogP contribution >= 0.6 is 0 Å². The van der Waals surface area contributed by atoms with Gasteiger partial charge in [-0.05, 0) is 91.4 Å². The molecule has 2 aromatic rings. The largest absolute Gasteiger partial charge is 1.00 e. The maximum Gasteiger partial charge on any atom is 1.00 e. The van der Waals surface area contributed by atoms with Crippen LogP contribution in [0, 0.1) is 0 Å². The number of hydrogen-bond donors (Lipinski definition) is 0. The van der Waals surface area contributed by atoms with E-state index in [-0.39, 0.29) is 62.5 Å². The van der Waals surface area contributed by atoms with E-state index in [1.54, 1.807) is 6.07 Å². The molecule has 0 N–H and O–H groups in total. The van der Waals surface area contributed by atoms with Gasteiger partial charge in [-0.25, -0.2) is 21.4 Å². The molecule has 0 heterocycles. The summed E-state index contributed by atoms with van der Waals surface area (Å²) in [4.78, 5) is 2.22. The molecule has 0 aliphatic heterocycles. The van der Waals surface area contributed by atoms with Gasteiger partial charge in [-0.2, -0.15) is 0 Å². The van der Waals surface area contributed by atoms with Crippen LogP contribution in [-0.4, -0.2) is 62.4 Å². The monoisotopic (exact) mass is 610 g/mol. The van der Waals surface area contributed by atoms with Crippen molar-refractivity contribution in [1.29, 1.82) is 0 Å². The van der Waals surface area contributed by atoms with Crippen LogP contribution in [-0.2, 0) is 31.7 Å². The zero-order valence-electron chi connectivity index (χ0n) is 23.8. The summed E-state index contributed by atoms with van der Waals surface area (Å²) in [5, 5.41) is 0. The average molecular weight is 611 g/mol. The number of allylic oxidation sites excluding steroid dienone is 5. The van der Waals surface area contributed by atoms with Crippen LogP contribution in [0.2, 0.25) is 0 Å². The number of hydrogen-bond acceptors (Lipinski definition) is 7. The SMILES string of the molecule is CCN(CC)c1ccc(C(=C2C=CC(=[N+](CC)CC)C=C2)c2ccc(CS(=O)(=O)[O-])c(CS(=O)(=O)[O-])c2)cc1.[K+]. The van der Waals surface area contributed by atoms with Crippen LogP contribution in [0.15, 0.2) is 72.3 Å². The average Bonchev–Trinajstić information content (AvgIpc) is 2.87. The first kappa shape index (κ1) is 34.8. The van der Waals surface area contributed by atoms with Gasteiger partial charge in [-0.15, -0.1) is 0 Å². The Morgan fingerprint density at radius 2 is 1.23 bits per heavy atom. The minimum absolute atomic E-state index is 0. The van der Waals surface area contributed by atoms with Crippen molar-refractivity contribution >= 4 is 37.2 Å². The second-order valence-electron chi connectivity index (χ2n) is 9.20. The summed E-state index contributed by atoms with van der Waals surface area (Å²) in [7, 11) is -9.43. The molecule has 3 rings (SSSR count). The minimum atomic E-state index is -4.74. The van der Waals surface area contributed by atoms with Crippen molar-refractivity contribution in [3.63, 3.8) is 0 Å². The molecular weight excluding hydrogens is 576 g/mol.